The van der Waals surface area contributed by atoms with Gasteiger partial charge in [-0.25, -0.2) is 0 Å². The van der Waals surface area contributed by atoms with E-state index in [-0.39, 0.29) is 12.1 Å². The summed E-state index contributed by atoms with van der Waals surface area (Å²) in [6.07, 6.45) is 0.782. The van der Waals surface area contributed by atoms with E-state index in [0.717, 1.165) is 25.1 Å². The van der Waals surface area contributed by atoms with Crippen LogP contribution in [-0.2, 0) is 15.9 Å². The predicted molar refractivity (Wildman–Crippen MR) is 79.4 cm³/mol. The summed E-state index contributed by atoms with van der Waals surface area (Å²) in [5.41, 5.74) is 3.22. The lowest BCUT2D eigenvalue weighted by molar-refractivity contribution is -0.129. The van der Waals surface area contributed by atoms with Gasteiger partial charge in [-0.15, -0.1) is 0 Å². The molecule has 20 heavy (non-hydrogen) atoms. The first-order valence-corrected chi connectivity index (χ1v) is 7.27. The van der Waals surface area contributed by atoms with E-state index in [1.54, 1.807) is 6.92 Å². The van der Waals surface area contributed by atoms with Gasteiger partial charge >= 0.3 is 0 Å². The van der Waals surface area contributed by atoms with E-state index in [2.05, 4.69) is 4.90 Å². The third-order valence-electron chi connectivity index (χ3n) is 3.55. The highest BCUT2D eigenvalue weighted by Gasteiger charge is 2.23. The minimum absolute atomic E-state index is 0.118. The van der Waals surface area contributed by atoms with Crippen molar-refractivity contribution >= 4 is 11.5 Å². The lowest BCUT2D eigenvalue weighted by atomic mass is 10.1. The van der Waals surface area contributed by atoms with E-state index < -0.39 is 0 Å². The van der Waals surface area contributed by atoms with Crippen LogP contribution in [0, 0.1) is 0 Å². The fourth-order valence-electron chi connectivity index (χ4n) is 2.58. The molecule has 0 bridgehead atoms. The number of fused-ring (bicyclic) bond motifs is 1. The van der Waals surface area contributed by atoms with E-state index in [4.69, 9.17) is 9.47 Å². The number of hydrogen-bond acceptors (Lipinski definition) is 4. The number of carbonyl (C=O) groups is 1. The summed E-state index contributed by atoms with van der Waals surface area (Å²) >= 11 is 0. The molecule has 2 rings (SSSR count). The highest BCUT2D eigenvalue weighted by Crippen LogP contribution is 2.29. The van der Waals surface area contributed by atoms with Crippen molar-refractivity contribution < 1.29 is 14.3 Å². The summed E-state index contributed by atoms with van der Waals surface area (Å²) in [7, 11) is 0. The van der Waals surface area contributed by atoms with Gasteiger partial charge in [-0.2, -0.15) is 0 Å². The maximum absolute atomic E-state index is 11.4. The van der Waals surface area contributed by atoms with Crippen molar-refractivity contribution in [3.05, 3.63) is 29.3 Å². The molecule has 4 nitrogen and oxygen atoms in total. The van der Waals surface area contributed by atoms with Crippen LogP contribution in [0.15, 0.2) is 18.2 Å². The van der Waals surface area contributed by atoms with Gasteiger partial charge in [0.15, 0.2) is 12.1 Å². The Hall–Kier alpha value is -1.39. The molecule has 1 aliphatic heterocycles. The highest BCUT2D eigenvalue weighted by atomic mass is 16.7. The maximum Gasteiger partial charge on any atom is 0.174 e. The van der Waals surface area contributed by atoms with Crippen LogP contribution in [0.5, 0.6) is 0 Å². The van der Waals surface area contributed by atoms with Crippen LogP contribution >= 0.6 is 0 Å². The third kappa shape index (κ3) is 3.38. The summed E-state index contributed by atoms with van der Waals surface area (Å²) in [5, 5.41) is 0. The van der Waals surface area contributed by atoms with Crippen LogP contribution < -0.4 is 4.90 Å². The Bertz CT molecular complexity index is 467. The summed E-state index contributed by atoms with van der Waals surface area (Å²) < 4.78 is 11.2. The SMILES string of the molecule is CCOC(CN1CCc2cc(C(C)=O)ccc21)OCC. The van der Waals surface area contributed by atoms with E-state index in [9.17, 15) is 4.79 Å². The van der Waals surface area contributed by atoms with E-state index in [1.165, 1.54) is 11.3 Å². The Kier molecular flexibility index (Phi) is 5.15. The number of rotatable bonds is 7. The average molecular weight is 277 g/mol. The number of anilines is 1. The lowest BCUT2D eigenvalue weighted by Crippen LogP contribution is -2.34. The first-order valence-electron chi connectivity index (χ1n) is 7.27. The molecule has 0 spiro atoms. The molecular weight excluding hydrogens is 254 g/mol. The Morgan fingerprint density at radius 2 is 2.00 bits per heavy atom. The fourth-order valence-corrected chi connectivity index (χ4v) is 2.58. The molecule has 0 aliphatic carbocycles. The quantitative estimate of drug-likeness (QED) is 0.567. The van der Waals surface area contributed by atoms with Crippen LogP contribution in [0.25, 0.3) is 0 Å². The van der Waals surface area contributed by atoms with Crippen molar-refractivity contribution in [2.24, 2.45) is 0 Å². The van der Waals surface area contributed by atoms with Gasteiger partial charge in [0.1, 0.15) is 0 Å². The van der Waals surface area contributed by atoms with Crippen molar-refractivity contribution in [2.75, 3.05) is 31.2 Å². The highest BCUT2D eigenvalue weighted by molar-refractivity contribution is 5.94. The van der Waals surface area contributed by atoms with Crippen molar-refractivity contribution in [2.45, 2.75) is 33.5 Å². The molecule has 0 saturated heterocycles. The molecule has 0 atom stereocenters. The van der Waals surface area contributed by atoms with Crippen LogP contribution in [0.3, 0.4) is 0 Å². The number of Topliss-reactive ketones (excluding diaryl/α,β-unsaturated/α-hetero) is 1. The molecule has 0 N–H and O–H groups in total. The second-order valence-corrected chi connectivity index (χ2v) is 4.94. The first kappa shape index (κ1) is 15.0. The van der Waals surface area contributed by atoms with Gasteiger partial charge in [0.25, 0.3) is 0 Å². The molecule has 0 radical (unpaired) electrons. The van der Waals surface area contributed by atoms with Crippen molar-refractivity contribution in [1.29, 1.82) is 0 Å². The maximum atomic E-state index is 11.4. The molecule has 4 heteroatoms. The third-order valence-corrected chi connectivity index (χ3v) is 3.55. The Labute approximate surface area is 120 Å². The molecule has 0 amide bonds. The van der Waals surface area contributed by atoms with Gasteiger partial charge in [0.05, 0.1) is 6.54 Å². The Morgan fingerprint density at radius 3 is 2.60 bits per heavy atom. The molecule has 1 aromatic carbocycles. The zero-order chi connectivity index (χ0) is 14.5. The molecule has 0 saturated carbocycles. The van der Waals surface area contributed by atoms with Crippen LogP contribution in [0.4, 0.5) is 5.69 Å². The number of ether oxygens (including phenoxy) is 2. The minimum atomic E-state index is -0.191. The van der Waals surface area contributed by atoms with E-state index in [0.29, 0.717) is 13.2 Å². The fraction of sp³-hybridized carbons (Fsp3) is 0.562. The average Bonchev–Trinajstić information content (AvgIpc) is 2.82. The van der Waals surface area contributed by atoms with Gasteiger partial charge in [0, 0.05) is 31.0 Å². The molecule has 0 aromatic heterocycles. The molecular formula is C16H23NO3. The second kappa shape index (κ2) is 6.86. The number of nitrogens with zero attached hydrogens (tertiary/aromatic N) is 1. The van der Waals surface area contributed by atoms with Gasteiger partial charge in [-0.1, -0.05) is 0 Å². The van der Waals surface area contributed by atoms with Crippen molar-refractivity contribution in [3.63, 3.8) is 0 Å². The van der Waals surface area contributed by atoms with Crippen LogP contribution in [0.2, 0.25) is 0 Å². The van der Waals surface area contributed by atoms with Gasteiger partial charge in [0.2, 0.25) is 0 Å². The number of benzene rings is 1. The van der Waals surface area contributed by atoms with E-state index in [1.807, 2.05) is 32.0 Å². The number of hydrogen-bond donors (Lipinski definition) is 0. The number of ketones is 1. The van der Waals surface area contributed by atoms with Gasteiger partial charge in [-0.05, 0) is 51.0 Å². The van der Waals surface area contributed by atoms with E-state index >= 15 is 0 Å². The summed E-state index contributed by atoms with van der Waals surface area (Å²) in [5.74, 6) is 0.118. The molecule has 1 aromatic rings. The minimum Gasteiger partial charge on any atom is -0.366 e. The van der Waals surface area contributed by atoms with Crippen molar-refractivity contribution in [3.8, 4) is 0 Å². The molecule has 1 aliphatic rings. The first-order chi connectivity index (χ1) is 9.65. The topological polar surface area (TPSA) is 38.8 Å². The number of carbonyl (C=O) groups excluding carboxylic acids is 1. The summed E-state index contributed by atoms with van der Waals surface area (Å²) in [6, 6.07) is 5.94. The monoisotopic (exact) mass is 277 g/mol. The normalized spacial score (nSPS) is 13.9. The van der Waals surface area contributed by atoms with Crippen molar-refractivity contribution in [1.82, 2.24) is 0 Å². The molecule has 0 unspecified atom stereocenters. The van der Waals surface area contributed by atoms with Crippen LogP contribution in [0.1, 0.15) is 36.7 Å². The second-order valence-electron chi connectivity index (χ2n) is 4.94. The Morgan fingerprint density at radius 1 is 1.30 bits per heavy atom. The molecule has 110 valence electrons. The standard InChI is InChI=1S/C16H23NO3/c1-4-19-16(20-5-2)11-17-9-8-14-10-13(12(3)18)6-7-15(14)17/h6-7,10,16H,4-5,8-9,11H2,1-3H3. The summed E-state index contributed by atoms with van der Waals surface area (Å²) in [4.78, 5) is 13.7. The largest absolute Gasteiger partial charge is 0.366 e. The van der Waals surface area contributed by atoms with Gasteiger partial charge in [-0.3, -0.25) is 4.79 Å². The van der Waals surface area contributed by atoms with Crippen LogP contribution in [-0.4, -0.2) is 38.4 Å². The molecule has 1 heterocycles. The zero-order valence-electron chi connectivity index (χ0n) is 12.5. The Balaban J connectivity index is 2.09. The summed E-state index contributed by atoms with van der Waals surface area (Å²) in [6.45, 7) is 8.53. The zero-order valence-corrected chi connectivity index (χ0v) is 12.5. The smallest absolute Gasteiger partial charge is 0.174 e. The van der Waals surface area contributed by atoms with Gasteiger partial charge < -0.3 is 14.4 Å². The lowest BCUT2D eigenvalue weighted by Gasteiger charge is -2.25. The predicted octanol–water partition coefficient (Wildman–Crippen LogP) is 2.65. The molecule has 0 fully saturated rings.